The first kappa shape index (κ1) is 13.7. The van der Waals surface area contributed by atoms with E-state index in [2.05, 4.69) is 4.98 Å². The second-order valence-electron chi connectivity index (χ2n) is 4.87. The maximum atomic E-state index is 12.0. The number of nitrogens with zero attached hydrogens (tertiary/aromatic N) is 2. The predicted molar refractivity (Wildman–Crippen MR) is 73.0 cm³/mol. The van der Waals surface area contributed by atoms with Gasteiger partial charge in [0.1, 0.15) is 5.15 Å². The summed E-state index contributed by atoms with van der Waals surface area (Å²) in [5.74, 6) is -0.307. The smallest absolute Gasteiger partial charge is 0.168 e. The largest absolute Gasteiger partial charge is 0.383 e. The minimum atomic E-state index is -0.107. The van der Waals surface area contributed by atoms with E-state index < -0.39 is 0 Å². The molecule has 1 aliphatic rings. The lowest BCUT2D eigenvalue weighted by atomic mass is 9.81. The highest BCUT2D eigenvalue weighted by atomic mass is 35.5. The van der Waals surface area contributed by atoms with Crippen LogP contribution in [0.4, 0.5) is 0 Å². The molecule has 0 atom stereocenters. The predicted octanol–water partition coefficient (Wildman–Crippen LogP) is 2.20. The van der Waals surface area contributed by atoms with Gasteiger partial charge < -0.3 is 4.90 Å². The Morgan fingerprint density at radius 2 is 1.89 bits per heavy atom. The molecular formula is C14H15ClN2O2. The molecule has 0 spiro atoms. The molecule has 2 rings (SSSR count). The van der Waals surface area contributed by atoms with Gasteiger partial charge in [-0.25, -0.2) is 4.98 Å². The van der Waals surface area contributed by atoms with Crippen molar-refractivity contribution in [1.82, 2.24) is 9.88 Å². The van der Waals surface area contributed by atoms with Crippen LogP contribution in [0.3, 0.4) is 0 Å². The second kappa shape index (κ2) is 5.53. The van der Waals surface area contributed by atoms with Crippen LogP contribution in [0, 0.1) is 0 Å². The molecule has 0 N–H and O–H groups in total. The summed E-state index contributed by atoms with van der Waals surface area (Å²) in [6, 6.07) is 3.50. The van der Waals surface area contributed by atoms with Gasteiger partial charge in [0.05, 0.1) is 5.57 Å². The Balaban J connectivity index is 2.20. The number of ketones is 2. The highest BCUT2D eigenvalue weighted by Gasteiger charge is 2.31. The van der Waals surface area contributed by atoms with Crippen LogP contribution in [-0.4, -0.2) is 35.5 Å². The summed E-state index contributed by atoms with van der Waals surface area (Å²) in [5, 5.41) is 0.408. The molecule has 5 heteroatoms. The molecule has 1 aliphatic carbocycles. The molecule has 1 fully saturated rings. The zero-order valence-electron chi connectivity index (χ0n) is 10.9. The lowest BCUT2D eigenvalue weighted by Crippen LogP contribution is -2.26. The van der Waals surface area contributed by atoms with Crippen LogP contribution >= 0.6 is 11.6 Å². The molecule has 0 radical (unpaired) electrons. The third-order valence-electron chi connectivity index (χ3n) is 3.07. The van der Waals surface area contributed by atoms with Crippen molar-refractivity contribution in [3.05, 3.63) is 40.8 Å². The van der Waals surface area contributed by atoms with E-state index in [0.717, 1.165) is 5.56 Å². The van der Waals surface area contributed by atoms with Gasteiger partial charge in [-0.15, -0.1) is 0 Å². The van der Waals surface area contributed by atoms with Gasteiger partial charge in [-0.1, -0.05) is 17.7 Å². The van der Waals surface area contributed by atoms with Gasteiger partial charge >= 0.3 is 0 Å². The van der Waals surface area contributed by atoms with Gasteiger partial charge in [-0.2, -0.15) is 0 Å². The SMILES string of the molecule is CN(C)C=C1C(=O)CC(c2ccc(Cl)nc2)CC1=O. The van der Waals surface area contributed by atoms with E-state index in [4.69, 9.17) is 11.6 Å². The average molecular weight is 279 g/mol. The van der Waals surface area contributed by atoms with Gasteiger partial charge in [-0.05, 0) is 17.5 Å². The highest BCUT2D eigenvalue weighted by Crippen LogP contribution is 2.31. The number of allylic oxidation sites excluding steroid dienone is 1. The first-order valence-corrected chi connectivity index (χ1v) is 6.41. The Morgan fingerprint density at radius 3 is 2.37 bits per heavy atom. The van der Waals surface area contributed by atoms with Crippen molar-refractivity contribution in [2.75, 3.05) is 14.1 Å². The summed E-state index contributed by atoms with van der Waals surface area (Å²) < 4.78 is 0. The topological polar surface area (TPSA) is 50.3 Å². The van der Waals surface area contributed by atoms with Crippen LogP contribution < -0.4 is 0 Å². The number of halogens is 1. The van der Waals surface area contributed by atoms with Crippen LogP contribution in [0.1, 0.15) is 24.3 Å². The Hall–Kier alpha value is -1.68. The third kappa shape index (κ3) is 3.20. The van der Waals surface area contributed by atoms with Crippen molar-refractivity contribution in [3.63, 3.8) is 0 Å². The number of rotatable bonds is 2. The van der Waals surface area contributed by atoms with E-state index in [9.17, 15) is 9.59 Å². The molecule has 1 aromatic rings. The maximum absolute atomic E-state index is 12.0. The van der Waals surface area contributed by atoms with Crippen LogP contribution in [-0.2, 0) is 9.59 Å². The summed E-state index contributed by atoms with van der Waals surface area (Å²) in [6.07, 6.45) is 3.92. The van der Waals surface area contributed by atoms with Gasteiger partial charge in [0.2, 0.25) is 0 Å². The summed E-state index contributed by atoms with van der Waals surface area (Å²) >= 11 is 5.73. The molecule has 1 saturated carbocycles. The molecule has 0 aliphatic heterocycles. The van der Waals surface area contributed by atoms with Crippen molar-refractivity contribution < 1.29 is 9.59 Å². The molecule has 1 aromatic heterocycles. The fourth-order valence-electron chi connectivity index (χ4n) is 2.16. The number of carbonyl (C=O) groups excluding carboxylic acids is 2. The monoisotopic (exact) mass is 278 g/mol. The molecule has 0 saturated heterocycles. The zero-order valence-corrected chi connectivity index (χ0v) is 11.6. The average Bonchev–Trinajstić information content (AvgIpc) is 2.34. The van der Waals surface area contributed by atoms with E-state index in [0.29, 0.717) is 23.6 Å². The number of aromatic nitrogens is 1. The van der Waals surface area contributed by atoms with E-state index in [1.54, 1.807) is 37.5 Å². The number of Topliss-reactive ketones (excluding diaryl/α,β-unsaturated/α-hetero) is 2. The van der Waals surface area contributed by atoms with Gasteiger partial charge in [-0.3, -0.25) is 9.59 Å². The standard InChI is InChI=1S/C14H15ClN2O2/c1-17(2)8-11-12(18)5-10(6-13(11)19)9-3-4-14(15)16-7-9/h3-4,7-8,10H,5-6H2,1-2H3. The van der Waals surface area contributed by atoms with E-state index in [1.807, 2.05) is 6.07 Å². The third-order valence-corrected chi connectivity index (χ3v) is 3.30. The van der Waals surface area contributed by atoms with E-state index in [-0.39, 0.29) is 17.5 Å². The molecule has 0 unspecified atom stereocenters. The Kier molecular flexibility index (Phi) is 4.00. The molecule has 19 heavy (non-hydrogen) atoms. The van der Waals surface area contributed by atoms with Crippen molar-refractivity contribution in [2.45, 2.75) is 18.8 Å². The van der Waals surface area contributed by atoms with Crippen molar-refractivity contribution in [1.29, 1.82) is 0 Å². The molecule has 0 bridgehead atoms. The molecule has 0 aromatic carbocycles. The molecular weight excluding hydrogens is 264 g/mol. The molecule has 1 heterocycles. The lowest BCUT2D eigenvalue weighted by molar-refractivity contribution is -0.124. The summed E-state index contributed by atoms with van der Waals surface area (Å²) in [7, 11) is 3.59. The van der Waals surface area contributed by atoms with E-state index >= 15 is 0 Å². The summed E-state index contributed by atoms with van der Waals surface area (Å²) in [4.78, 5) is 29.8. The minimum absolute atomic E-state index is 0.0934. The summed E-state index contributed by atoms with van der Waals surface area (Å²) in [6.45, 7) is 0. The van der Waals surface area contributed by atoms with Crippen molar-refractivity contribution in [2.24, 2.45) is 0 Å². The van der Waals surface area contributed by atoms with Crippen molar-refractivity contribution >= 4 is 23.2 Å². The van der Waals surface area contributed by atoms with Gasteiger partial charge in [0, 0.05) is 39.3 Å². The van der Waals surface area contributed by atoms with Crippen LogP contribution in [0.2, 0.25) is 5.15 Å². The van der Waals surface area contributed by atoms with E-state index in [1.165, 1.54) is 0 Å². The van der Waals surface area contributed by atoms with Crippen LogP contribution in [0.25, 0.3) is 0 Å². The number of pyridine rings is 1. The molecule has 100 valence electrons. The second-order valence-corrected chi connectivity index (χ2v) is 5.26. The first-order chi connectivity index (χ1) is 8.97. The number of carbonyl (C=O) groups is 2. The fourth-order valence-corrected chi connectivity index (χ4v) is 2.27. The zero-order chi connectivity index (χ0) is 14.0. The Labute approximate surface area is 117 Å². The van der Waals surface area contributed by atoms with Crippen LogP contribution in [0.5, 0.6) is 0 Å². The Morgan fingerprint density at radius 1 is 1.26 bits per heavy atom. The number of hydrogen-bond acceptors (Lipinski definition) is 4. The highest BCUT2D eigenvalue weighted by molar-refractivity contribution is 6.29. The van der Waals surface area contributed by atoms with Gasteiger partial charge in [0.25, 0.3) is 0 Å². The fraction of sp³-hybridized carbons (Fsp3) is 0.357. The number of hydrogen-bond donors (Lipinski definition) is 0. The summed E-state index contributed by atoms with van der Waals surface area (Å²) in [5.41, 5.74) is 1.18. The maximum Gasteiger partial charge on any atom is 0.168 e. The molecule has 0 amide bonds. The van der Waals surface area contributed by atoms with Crippen molar-refractivity contribution in [3.8, 4) is 0 Å². The Bertz CT molecular complexity index is 515. The normalized spacial score (nSPS) is 19.5. The first-order valence-electron chi connectivity index (χ1n) is 6.03. The minimum Gasteiger partial charge on any atom is -0.383 e. The lowest BCUT2D eigenvalue weighted by Gasteiger charge is -2.22. The van der Waals surface area contributed by atoms with Gasteiger partial charge in [0.15, 0.2) is 11.6 Å². The quantitative estimate of drug-likeness (QED) is 0.473. The van der Waals surface area contributed by atoms with Crippen LogP contribution in [0.15, 0.2) is 30.1 Å². The molecule has 4 nitrogen and oxygen atoms in total.